The van der Waals surface area contributed by atoms with Crippen LogP contribution in [-0.4, -0.2) is 21.8 Å². The molecule has 0 saturated carbocycles. The molecule has 0 amide bonds. The number of Topliss-reactive ketones (excluding diaryl/α,β-unsaturated/α-hetero) is 1. The van der Waals surface area contributed by atoms with E-state index in [1.165, 1.54) is 6.20 Å². The summed E-state index contributed by atoms with van der Waals surface area (Å²) >= 11 is 11.1. The van der Waals surface area contributed by atoms with E-state index in [1.54, 1.807) is 18.2 Å². The Morgan fingerprint density at radius 3 is 2.44 bits per heavy atom. The van der Waals surface area contributed by atoms with Crippen LogP contribution in [0.1, 0.15) is 10.4 Å². The van der Waals surface area contributed by atoms with Gasteiger partial charge in [0, 0.05) is 22.7 Å². The molecule has 0 aliphatic heterocycles. The number of H-pyrrole nitrogens is 1. The summed E-state index contributed by atoms with van der Waals surface area (Å²) in [5.41, 5.74) is 1.05. The molecule has 0 bridgehead atoms. The molecule has 0 fully saturated rings. The lowest BCUT2D eigenvalue weighted by atomic mass is 10.1. The first-order chi connectivity index (χ1) is 8.52. The van der Waals surface area contributed by atoms with Gasteiger partial charge in [-0.3, -0.25) is 4.79 Å². The van der Waals surface area contributed by atoms with Crippen LogP contribution < -0.4 is 0 Å². The second-order valence-electron chi connectivity index (χ2n) is 3.51. The summed E-state index contributed by atoms with van der Waals surface area (Å²) in [4.78, 5) is 25.6. The fourth-order valence-electron chi connectivity index (χ4n) is 1.57. The van der Waals surface area contributed by atoms with Crippen LogP contribution in [0, 0.1) is 0 Å². The van der Waals surface area contributed by atoms with Crippen LogP contribution in [0.2, 0.25) is 0 Å². The molecule has 1 aromatic carbocycles. The van der Waals surface area contributed by atoms with Crippen LogP contribution in [0.5, 0.6) is 0 Å². The lowest BCUT2D eigenvalue weighted by molar-refractivity contribution is -0.131. The molecule has 1 aromatic heterocycles. The maximum absolute atomic E-state index is 12.0. The third-order valence-corrected chi connectivity index (χ3v) is 3.22. The first-order valence-electron chi connectivity index (χ1n) is 4.91. The monoisotopic (exact) mass is 283 g/mol. The van der Waals surface area contributed by atoms with Gasteiger partial charge in [-0.1, -0.05) is 41.4 Å². The van der Waals surface area contributed by atoms with Crippen molar-refractivity contribution in [3.8, 4) is 0 Å². The molecule has 1 heterocycles. The van der Waals surface area contributed by atoms with E-state index in [-0.39, 0.29) is 5.56 Å². The van der Waals surface area contributed by atoms with Gasteiger partial charge in [0.2, 0.25) is 5.78 Å². The summed E-state index contributed by atoms with van der Waals surface area (Å²) in [6.07, 6.45) is 1.47. The Kier molecular flexibility index (Phi) is 3.41. The molecular weight excluding hydrogens is 277 g/mol. The zero-order valence-electron chi connectivity index (χ0n) is 8.91. The Morgan fingerprint density at radius 2 is 1.78 bits per heavy atom. The molecule has 0 atom stereocenters. The highest BCUT2D eigenvalue weighted by molar-refractivity contribution is 6.55. The summed E-state index contributed by atoms with van der Waals surface area (Å²) in [5.74, 6) is -2.06. The van der Waals surface area contributed by atoms with Crippen molar-refractivity contribution in [2.24, 2.45) is 0 Å². The Bertz CT molecular complexity index is 673. The van der Waals surface area contributed by atoms with E-state index in [9.17, 15) is 9.59 Å². The molecular formula is C12H7Cl2NO3. The minimum absolute atomic E-state index is 0.287. The lowest BCUT2D eigenvalue weighted by Gasteiger charge is -1.99. The van der Waals surface area contributed by atoms with Crippen molar-refractivity contribution < 1.29 is 14.7 Å². The molecule has 0 radical (unpaired) electrons. The molecule has 0 unspecified atom stereocenters. The third-order valence-electron chi connectivity index (χ3n) is 2.41. The van der Waals surface area contributed by atoms with Crippen molar-refractivity contribution in [1.82, 2.24) is 4.98 Å². The van der Waals surface area contributed by atoms with Gasteiger partial charge in [0.1, 0.15) is 10.1 Å². The predicted octanol–water partition coefficient (Wildman–Crippen LogP) is 3.12. The second-order valence-corrected chi connectivity index (χ2v) is 4.27. The zero-order valence-corrected chi connectivity index (χ0v) is 10.4. The molecule has 2 aromatic rings. The van der Waals surface area contributed by atoms with Crippen molar-refractivity contribution in [2.45, 2.75) is 0 Å². The summed E-state index contributed by atoms with van der Waals surface area (Å²) in [7, 11) is 0. The number of fused-ring (bicyclic) bond motifs is 1. The molecule has 2 N–H and O–H groups in total. The number of halogens is 2. The minimum atomic E-state index is -1.44. The van der Waals surface area contributed by atoms with Crippen LogP contribution in [0.15, 0.2) is 40.5 Å². The van der Waals surface area contributed by atoms with Gasteiger partial charge in [-0.15, -0.1) is 0 Å². The number of aromatic nitrogens is 1. The van der Waals surface area contributed by atoms with Gasteiger partial charge in [-0.2, -0.15) is 0 Å². The number of allylic oxidation sites excluding steroid dienone is 1. The fourth-order valence-corrected chi connectivity index (χ4v) is 1.84. The molecule has 0 saturated heterocycles. The van der Waals surface area contributed by atoms with E-state index in [2.05, 4.69) is 4.98 Å². The van der Waals surface area contributed by atoms with E-state index in [0.717, 1.165) is 5.52 Å². The van der Waals surface area contributed by atoms with Gasteiger partial charge in [-0.25, -0.2) is 4.79 Å². The number of benzene rings is 1. The van der Waals surface area contributed by atoms with Gasteiger partial charge >= 0.3 is 5.97 Å². The first-order valence-corrected chi connectivity index (χ1v) is 5.67. The van der Waals surface area contributed by atoms with Crippen LogP contribution in [0.25, 0.3) is 10.9 Å². The van der Waals surface area contributed by atoms with Crippen LogP contribution in [-0.2, 0) is 4.79 Å². The van der Waals surface area contributed by atoms with E-state index in [4.69, 9.17) is 28.3 Å². The van der Waals surface area contributed by atoms with Gasteiger partial charge in [0.25, 0.3) is 0 Å². The average molecular weight is 284 g/mol. The number of carbonyl (C=O) groups excluding carboxylic acids is 1. The molecule has 0 spiro atoms. The molecule has 0 aliphatic rings. The van der Waals surface area contributed by atoms with Crippen LogP contribution in [0.4, 0.5) is 0 Å². The van der Waals surface area contributed by atoms with Gasteiger partial charge < -0.3 is 10.1 Å². The Labute approximate surface area is 112 Å². The smallest absolute Gasteiger partial charge is 0.349 e. The van der Waals surface area contributed by atoms with Crippen LogP contribution in [0.3, 0.4) is 0 Å². The van der Waals surface area contributed by atoms with Crippen molar-refractivity contribution in [3.63, 3.8) is 0 Å². The van der Waals surface area contributed by atoms with Gasteiger partial charge in [-0.05, 0) is 6.07 Å². The SMILES string of the molecule is O=C(O)C(Cl)=C(Cl)C(=O)c1c[nH]c2ccccc12. The number of hydrogen-bond acceptors (Lipinski definition) is 2. The molecule has 2 rings (SSSR count). The maximum atomic E-state index is 12.0. The lowest BCUT2D eigenvalue weighted by Crippen LogP contribution is -2.04. The predicted molar refractivity (Wildman–Crippen MR) is 69.0 cm³/mol. The highest BCUT2D eigenvalue weighted by Gasteiger charge is 2.21. The van der Waals surface area contributed by atoms with Gasteiger partial charge in [0.05, 0.1) is 0 Å². The molecule has 18 heavy (non-hydrogen) atoms. The topological polar surface area (TPSA) is 70.2 Å². The summed E-state index contributed by atoms with van der Waals surface area (Å²) in [5, 5.41) is 8.15. The largest absolute Gasteiger partial charge is 0.477 e. The average Bonchev–Trinajstić information content (AvgIpc) is 2.79. The van der Waals surface area contributed by atoms with Gasteiger partial charge in [0.15, 0.2) is 0 Å². The van der Waals surface area contributed by atoms with Crippen molar-refractivity contribution in [1.29, 1.82) is 0 Å². The molecule has 0 aliphatic carbocycles. The van der Waals surface area contributed by atoms with E-state index < -0.39 is 21.8 Å². The van der Waals surface area contributed by atoms with E-state index in [0.29, 0.717) is 5.39 Å². The standard InChI is InChI=1S/C12H7Cl2NO3/c13-9(10(14)12(17)18)11(16)7-5-15-8-4-2-1-3-6(7)8/h1-5,15H,(H,17,18). The first kappa shape index (κ1) is 12.7. The number of carboxylic acid groups (broad SMARTS) is 1. The third kappa shape index (κ3) is 2.12. The van der Waals surface area contributed by atoms with Crippen LogP contribution >= 0.6 is 23.2 Å². The fraction of sp³-hybridized carbons (Fsp3) is 0. The normalized spacial score (nSPS) is 12.3. The zero-order chi connectivity index (χ0) is 13.3. The number of carboxylic acids is 1. The number of aliphatic carboxylic acids is 1. The molecule has 92 valence electrons. The second kappa shape index (κ2) is 4.84. The summed E-state index contributed by atoms with van der Waals surface area (Å²) < 4.78 is 0. The quantitative estimate of drug-likeness (QED) is 0.672. The minimum Gasteiger partial charge on any atom is -0.477 e. The highest BCUT2D eigenvalue weighted by Crippen LogP contribution is 2.24. The number of aromatic amines is 1. The number of ketones is 1. The number of carbonyl (C=O) groups is 2. The molecule has 6 heteroatoms. The maximum Gasteiger partial charge on any atom is 0.349 e. The Balaban J connectivity index is 2.53. The molecule has 4 nitrogen and oxygen atoms in total. The number of hydrogen-bond donors (Lipinski definition) is 2. The van der Waals surface area contributed by atoms with Crippen molar-refractivity contribution in [3.05, 3.63) is 46.1 Å². The van der Waals surface area contributed by atoms with Crippen molar-refractivity contribution >= 4 is 45.9 Å². The number of rotatable bonds is 3. The van der Waals surface area contributed by atoms with E-state index >= 15 is 0 Å². The number of nitrogens with one attached hydrogen (secondary N) is 1. The Morgan fingerprint density at radius 1 is 1.11 bits per heavy atom. The Hall–Kier alpha value is -1.78. The summed E-state index contributed by atoms with van der Waals surface area (Å²) in [6.45, 7) is 0. The van der Waals surface area contributed by atoms with E-state index in [1.807, 2.05) is 6.07 Å². The summed E-state index contributed by atoms with van der Waals surface area (Å²) in [6, 6.07) is 7.11. The highest BCUT2D eigenvalue weighted by atomic mass is 35.5. The number of para-hydroxylation sites is 1. The van der Waals surface area contributed by atoms with Crippen molar-refractivity contribution in [2.75, 3.05) is 0 Å².